The van der Waals surface area contributed by atoms with E-state index in [-0.39, 0.29) is 11.9 Å². The van der Waals surface area contributed by atoms with Gasteiger partial charge in [0.1, 0.15) is 0 Å². The molecule has 3 nitrogen and oxygen atoms in total. The van der Waals surface area contributed by atoms with Crippen LogP contribution in [0.1, 0.15) is 24.5 Å². The van der Waals surface area contributed by atoms with Crippen molar-refractivity contribution in [2.75, 3.05) is 12.8 Å². The smallest absolute Gasteiger partial charge is 0.237 e. The zero-order valence-electron chi connectivity index (χ0n) is 11.6. The molecular formula is C15H22N2OS. The van der Waals surface area contributed by atoms with Crippen molar-refractivity contribution in [1.29, 1.82) is 0 Å². The van der Waals surface area contributed by atoms with Crippen LogP contribution < -0.4 is 10.6 Å². The molecule has 4 heteroatoms. The standard InChI is InChI=1S/C15H22N2OS/c1-11(19-2)7-8-16-15(18)14-9-12-5-3-4-6-13(12)10-17-14/h3-6,11,14,17H,7-10H2,1-2H3,(H,16,18)/t11?,14-/m1/s1. The van der Waals surface area contributed by atoms with Crippen molar-refractivity contribution in [3.05, 3.63) is 35.4 Å². The second-order valence-electron chi connectivity index (χ2n) is 5.03. The molecule has 1 aromatic carbocycles. The van der Waals surface area contributed by atoms with Gasteiger partial charge in [-0.15, -0.1) is 0 Å². The van der Waals surface area contributed by atoms with E-state index in [0.717, 1.165) is 25.9 Å². The van der Waals surface area contributed by atoms with Crippen molar-refractivity contribution in [2.45, 2.75) is 37.6 Å². The summed E-state index contributed by atoms with van der Waals surface area (Å²) in [6.45, 7) is 3.74. The average molecular weight is 278 g/mol. The van der Waals surface area contributed by atoms with E-state index in [2.05, 4.69) is 35.9 Å². The van der Waals surface area contributed by atoms with Crippen LogP contribution in [0.2, 0.25) is 0 Å². The third-order valence-electron chi connectivity index (χ3n) is 3.65. The molecule has 0 aliphatic carbocycles. The molecule has 0 bridgehead atoms. The van der Waals surface area contributed by atoms with Crippen LogP contribution in [0.4, 0.5) is 0 Å². The van der Waals surface area contributed by atoms with E-state index in [1.807, 2.05) is 23.9 Å². The predicted molar refractivity (Wildman–Crippen MR) is 81.4 cm³/mol. The van der Waals surface area contributed by atoms with Gasteiger partial charge in [-0.25, -0.2) is 0 Å². The predicted octanol–water partition coefficient (Wildman–Crippen LogP) is 1.96. The molecule has 1 unspecified atom stereocenters. The highest BCUT2D eigenvalue weighted by molar-refractivity contribution is 7.99. The molecule has 0 saturated carbocycles. The Morgan fingerprint density at radius 1 is 1.47 bits per heavy atom. The van der Waals surface area contributed by atoms with Crippen LogP contribution in [-0.4, -0.2) is 30.0 Å². The first-order chi connectivity index (χ1) is 9.20. The largest absolute Gasteiger partial charge is 0.355 e. The first kappa shape index (κ1) is 14.4. The molecule has 1 aliphatic heterocycles. The monoisotopic (exact) mass is 278 g/mol. The van der Waals surface area contributed by atoms with Crippen LogP contribution in [-0.2, 0) is 17.8 Å². The summed E-state index contributed by atoms with van der Waals surface area (Å²) in [6.07, 6.45) is 3.92. The van der Waals surface area contributed by atoms with Crippen LogP contribution in [0.25, 0.3) is 0 Å². The average Bonchev–Trinajstić information content (AvgIpc) is 2.46. The molecule has 2 rings (SSSR count). The van der Waals surface area contributed by atoms with Gasteiger partial charge in [-0.05, 0) is 30.2 Å². The van der Waals surface area contributed by atoms with Crippen LogP contribution in [0.3, 0.4) is 0 Å². The highest BCUT2D eigenvalue weighted by atomic mass is 32.2. The molecule has 0 spiro atoms. The van der Waals surface area contributed by atoms with Crippen LogP contribution in [0.15, 0.2) is 24.3 Å². The van der Waals surface area contributed by atoms with Crippen LogP contribution >= 0.6 is 11.8 Å². The zero-order valence-corrected chi connectivity index (χ0v) is 12.4. The van der Waals surface area contributed by atoms with Gasteiger partial charge in [0.25, 0.3) is 0 Å². The number of hydrogen-bond acceptors (Lipinski definition) is 3. The normalized spacial score (nSPS) is 19.6. The second kappa shape index (κ2) is 6.96. The Bertz CT molecular complexity index is 436. The molecule has 1 aromatic rings. The zero-order chi connectivity index (χ0) is 13.7. The van der Waals surface area contributed by atoms with Gasteiger partial charge in [0.15, 0.2) is 0 Å². The number of benzene rings is 1. The lowest BCUT2D eigenvalue weighted by molar-refractivity contribution is -0.123. The van der Waals surface area contributed by atoms with Crippen molar-refractivity contribution < 1.29 is 4.79 Å². The third-order valence-corrected chi connectivity index (χ3v) is 4.69. The summed E-state index contributed by atoms with van der Waals surface area (Å²) in [4.78, 5) is 12.1. The maximum Gasteiger partial charge on any atom is 0.237 e. The van der Waals surface area contributed by atoms with Gasteiger partial charge >= 0.3 is 0 Å². The molecule has 104 valence electrons. The quantitative estimate of drug-likeness (QED) is 0.865. The van der Waals surface area contributed by atoms with E-state index >= 15 is 0 Å². The Kier molecular flexibility index (Phi) is 5.28. The summed E-state index contributed by atoms with van der Waals surface area (Å²) in [5.74, 6) is 0.128. The number of amides is 1. The van der Waals surface area contributed by atoms with Gasteiger partial charge < -0.3 is 10.6 Å². The fraction of sp³-hybridized carbons (Fsp3) is 0.533. The number of nitrogens with one attached hydrogen (secondary N) is 2. The van der Waals surface area contributed by atoms with Crippen LogP contribution in [0.5, 0.6) is 0 Å². The van der Waals surface area contributed by atoms with Crippen molar-refractivity contribution in [2.24, 2.45) is 0 Å². The fourth-order valence-corrected chi connectivity index (χ4v) is 2.63. The van der Waals surface area contributed by atoms with Gasteiger partial charge in [0.2, 0.25) is 5.91 Å². The Morgan fingerprint density at radius 3 is 2.95 bits per heavy atom. The number of rotatable bonds is 5. The SMILES string of the molecule is CSC(C)CCNC(=O)[C@H]1Cc2ccccc2CN1. The van der Waals surface area contributed by atoms with Gasteiger partial charge in [-0.1, -0.05) is 31.2 Å². The number of fused-ring (bicyclic) bond motifs is 1. The summed E-state index contributed by atoms with van der Waals surface area (Å²) in [7, 11) is 0. The first-order valence-electron chi connectivity index (χ1n) is 6.81. The highest BCUT2D eigenvalue weighted by Gasteiger charge is 2.23. The number of hydrogen-bond donors (Lipinski definition) is 2. The summed E-state index contributed by atoms with van der Waals surface area (Å²) >= 11 is 1.84. The van der Waals surface area contributed by atoms with E-state index in [0.29, 0.717) is 5.25 Å². The molecule has 1 amide bonds. The van der Waals surface area contributed by atoms with Crippen molar-refractivity contribution >= 4 is 17.7 Å². The van der Waals surface area contributed by atoms with Crippen molar-refractivity contribution in [3.63, 3.8) is 0 Å². The molecule has 0 fully saturated rings. The molecule has 0 radical (unpaired) electrons. The minimum atomic E-state index is -0.0838. The summed E-state index contributed by atoms with van der Waals surface area (Å²) in [6, 6.07) is 8.24. The van der Waals surface area contributed by atoms with Crippen LogP contribution in [0, 0.1) is 0 Å². The lowest BCUT2D eigenvalue weighted by Gasteiger charge is -2.25. The van der Waals surface area contributed by atoms with Gasteiger partial charge in [0, 0.05) is 18.3 Å². The lowest BCUT2D eigenvalue weighted by Crippen LogP contribution is -2.48. The van der Waals surface area contributed by atoms with E-state index in [4.69, 9.17) is 0 Å². The minimum Gasteiger partial charge on any atom is -0.355 e. The minimum absolute atomic E-state index is 0.0838. The molecule has 1 heterocycles. The topological polar surface area (TPSA) is 41.1 Å². The molecule has 0 saturated heterocycles. The fourth-order valence-electron chi connectivity index (χ4n) is 2.28. The van der Waals surface area contributed by atoms with Crippen molar-refractivity contribution in [1.82, 2.24) is 10.6 Å². The highest BCUT2D eigenvalue weighted by Crippen LogP contribution is 2.16. The molecule has 1 aliphatic rings. The second-order valence-corrected chi connectivity index (χ2v) is 6.31. The maximum atomic E-state index is 12.1. The molecule has 19 heavy (non-hydrogen) atoms. The number of carbonyl (C=O) groups excluding carboxylic acids is 1. The van der Waals surface area contributed by atoms with E-state index < -0.39 is 0 Å². The third kappa shape index (κ3) is 3.98. The lowest BCUT2D eigenvalue weighted by atomic mass is 9.95. The Balaban J connectivity index is 1.82. The number of thioether (sulfide) groups is 1. The van der Waals surface area contributed by atoms with Gasteiger partial charge in [-0.3, -0.25) is 4.79 Å². The first-order valence-corrected chi connectivity index (χ1v) is 8.10. The van der Waals surface area contributed by atoms with E-state index in [9.17, 15) is 4.79 Å². The molecule has 2 N–H and O–H groups in total. The Hall–Kier alpha value is -1.00. The van der Waals surface area contributed by atoms with Crippen molar-refractivity contribution in [3.8, 4) is 0 Å². The molecular weight excluding hydrogens is 256 g/mol. The number of carbonyl (C=O) groups is 1. The Morgan fingerprint density at radius 2 is 2.21 bits per heavy atom. The van der Waals surface area contributed by atoms with Gasteiger partial charge in [-0.2, -0.15) is 11.8 Å². The Labute approximate surface area is 119 Å². The molecule has 2 atom stereocenters. The molecule has 0 aromatic heterocycles. The van der Waals surface area contributed by atoms with E-state index in [1.54, 1.807) is 0 Å². The van der Waals surface area contributed by atoms with Gasteiger partial charge in [0.05, 0.1) is 6.04 Å². The summed E-state index contributed by atoms with van der Waals surface area (Å²) in [5, 5.41) is 6.94. The summed E-state index contributed by atoms with van der Waals surface area (Å²) < 4.78 is 0. The summed E-state index contributed by atoms with van der Waals surface area (Å²) in [5.41, 5.74) is 2.60. The maximum absolute atomic E-state index is 12.1. The van der Waals surface area contributed by atoms with E-state index in [1.165, 1.54) is 11.1 Å².